The van der Waals surface area contributed by atoms with Gasteiger partial charge >= 0.3 is 6.18 Å². The lowest BCUT2D eigenvalue weighted by Gasteiger charge is -2.16. The number of halogens is 4. The number of rotatable bonds is 6. The zero-order chi connectivity index (χ0) is 20.1. The SMILES string of the molecule is OCCNc1nc(Nc2c(Cl)cccc2C(F)(F)F)cc(-c2ccccc2)n1. The fraction of sp³-hybridized carbons (Fsp3) is 0.158. The Labute approximate surface area is 164 Å². The van der Waals surface area contributed by atoms with E-state index in [-0.39, 0.29) is 35.6 Å². The maximum atomic E-state index is 13.3. The molecule has 2 aromatic carbocycles. The van der Waals surface area contributed by atoms with Crippen LogP contribution in [-0.2, 0) is 6.18 Å². The highest BCUT2D eigenvalue weighted by Gasteiger charge is 2.34. The number of benzene rings is 2. The molecule has 0 aliphatic heterocycles. The molecule has 0 saturated heterocycles. The first-order valence-electron chi connectivity index (χ1n) is 8.30. The number of aromatic nitrogens is 2. The Morgan fingerprint density at radius 3 is 2.43 bits per heavy atom. The summed E-state index contributed by atoms with van der Waals surface area (Å²) in [5.74, 6) is 0.298. The van der Waals surface area contributed by atoms with Crippen LogP contribution in [0.4, 0.5) is 30.6 Å². The number of alkyl halides is 3. The highest BCUT2D eigenvalue weighted by atomic mass is 35.5. The summed E-state index contributed by atoms with van der Waals surface area (Å²) in [7, 11) is 0. The van der Waals surface area contributed by atoms with Crippen LogP contribution in [0.15, 0.2) is 54.6 Å². The van der Waals surface area contributed by atoms with Crippen LogP contribution in [0.5, 0.6) is 0 Å². The molecule has 0 fully saturated rings. The van der Waals surface area contributed by atoms with Crippen molar-refractivity contribution in [2.75, 3.05) is 23.8 Å². The molecule has 0 spiro atoms. The van der Waals surface area contributed by atoms with Crippen LogP contribution < -0.4 is 10.6 Å². The minimum atomic E-state index is -4.58. The summed E-state index contributed by atoms with van der Waals surface area (Å²) < 4.78 is 40.0. The molecular weight excluding hydrogens is 393 g/mol. The van der Waals surface area contributed by atoms with Gasteiger partial charge in [0.05, 0.1) is 28.6 Å². The summed E-state index contributed by atoms with van der Waals surface area (Å²) in [4.78, 5) is 8.53. The van der Waals surface area contributed by atoms with Gasteiger partial charge in [-0.15, -0.1) is 0 Å². The second-order valence-electron chi connectivity index (χ2n) is 5.76. The maximum absolute atomic E-state index is 13.3. The number of hydrogen-bond donors (Lipinski definition) is 3. The van der Waals surface area contributed by atoms with Gasteiger partial charge in [-0.1, -0.05) is 48.0 Å². The van der Waals surface area contributed by atoms with E-state index in [9.17, 15) is 13.2 Å². The largest absolute Gasteiger partial charge is 0.418 e. The molecule has 1 aromatic heterocycles. The van der Waals surface area contributed by atoms with Gasteiger partial charge in [-0.05, 0) is 12.1 Å². The zero-order valence-corrected chi connectivity index (χ0v) is 15.2. The number of aliphatic hydroxyl groups excluding tert-OH is 1. The van der Waals surface area contributed by atoms with E-state index >= 15 is 0 Å². The van der Waals surface area contributed by atoms with Gasteiger partial charge in [-0.25, -0.2) is 4.98 Å². The Morgan fingerprint density at radius 2 is 1.75 bits per heavy atom. The number of nitrogens with one attached hydrogen (secondary N) is 2. The lowest BCUT2D eigenvalue weighted by Crippen LogP contribution is -2.12. The third kappa shape index (κ3) is 4.71. The molecule has 0 aliphatic carbocycles. The smallest absolute Gasteiger partial charge is 0.395 e. The highest BCUT2D eigenvalue weighted by molar-refractivity contribution is 6.33. The second-order valence-corrected chi connectivity index (χ2v) is 6.17. The van der Waals surface area contributed by atoms with E-state index in [0.717, 1.165) is 11.6 Å². The van der Waals surface area contributed by atoms with Gasteiger partial charge in [-0.2, -0.15) is 18.2 Å². The van der Waals surface area contributed by atoms with Gasteiger partial charge in [0.1, 0.15) is 5.82 Å². The molecular formula is C19H16ClF3N4O. The summed E-state index contributed by atoms with van der Waals surface area (Å²) in [5, 5.41) is 14.4. The van der Waals surface area contributed by atoms with Crippen molar-refractivity contribution in [2.45, 2.75) is 6.18 Å². The first-order valence-corrected chi connectivity index (χ1v) is 8.68. The lowest BCUT2D eigenvalue weighted by molar-refractivity contribution is -0.136. The molecule has 0 amide bonds. The van der Waals surface area contributed by atoms with Gasteiger partial charge in [0, 0.05) is 18.2 Å². The van der Waals surface area contributed by atoms with Crippen LogP contribution in [0.1, 0.15) is 5.56 Å². The van der Waals surface area contributed by atoms with E-state index in [2.05, 4.69) is 20.6 Å². The van der Waals surface area contributed by atoms with E-state index in [1.54, 1.807) is 0 Å². The molecule has 9 heteroatoms. The van der Waals surface area contributed by atoms with E-state index in [4.69, 9.17) is 16.7 Å². The van der Waals surface area contributed by atoms with Gasteiger partial charge < -0.3 is 15.7 Å². The molecule has 3 N–H and O–H groups in total. The van der Waals surface area contributed by atoms with Crippen molar-refractivity contribution in [1.82, 2.24) is 9.97 Å². The summed E-state index contributed by atoms with van der Waals surface area (Å²) in [6, 6.07) is 14.2. The predicted octanol–water partition coefficient (Wildman–Crippen LogP) is 4.96. The standard InChI is InChI=1S/C19H16ClF3N4O/c20-14-8-4-7-13(19(21,22)23)17(14)26-16-11-15(12-5-2-1-3-6-12)25-18(27-16)24-9-10-28/h1-8,11,28H,9-10H2,(H2,24,25,26,27). The Morgan fingerprint density at radius 1 is 1.00 bits per heavy atom. The second kappa shape index (κ2) is 8.45. The Kier molecular flexibility index (Phi) is 6.01. The maximum Gasteiger partial charge on any atom is 0.418 e. The van der Waals surface area contributed by atoms with Crippen LogP contribution >= 0.6 is 11.6 Å². The first kappa shape index (κ1) is 19.9. The fourth-order valence-electron chi connectivity index (χ4n) is 2.53. The monoisotopic (exact) mass is 408 g/mol. The molecule has 5 nitrogen and oxygen atoms in total. The molecule has 3 rings (SSSR count). The molecule has 0 radical (unpaired) electrons. The van der Waals surface area contributed by atoms with Gasteiger partial charge in [0.25, 0.3) is 0 Å². The van der Waals surface area contributed by atoms with Crippen molar-refractivity contribution >= 4 is 29.1 Å². The normalized spacial score (nSPS) is 11.3. The molecule has 0 unspecified atom stereocenters. The Balaban J connectivity index is 2.05. The first-order chi connectivity index (χ1) is 13.4. The van der Waals surface area contributed by atoms with Crippen molar-refractivity contribution in [3.05, 3.63) is 65.2 Å². The lowest BCUT2D eigenvalue weighted by atomic mass is 10.1. The summed E-state index contributed by atoms with van der Waals surface area (Å²) in [6.07, 6.45) is -4.58. The number of para-hydroxylation sites is 1. The number of nitrogens with zero attached hydrogens (tertiary/aromatic N) is 2. The van der Waals surface area contributed by atoms with Crippen molar-refractivity contribution in [2.24, 2.45) is 0 Å². The van der Waals surface area contributed by atoms with Crippen molar-refractivity contribution in [3.8, 4) is 11.3 Å². The number of hydrogen-bond acceptors (Lipinski definition) is 5. The molecule has 0 bridgehead atoms. The van der Waals surface area contributed by atoms with Crippen molar-refractivity contribution in [1.29, 1.82) is 0 Å². The summed E-state index contributed by atoms with van der Waals surface area (Å²) in [6.45, 7) is 0.0436. The molecule has 1 heterocycles. The van der Waals surface area contributed by atoms with Gasteiger partial charge in [-0.3, -0.25) is 0 Å². The van der Waals surface area contributed by atoms with Gasteiger partial charge in [0.2, 0.25) is 5.95 Å². The third-order valence-corrected chi connectivity index (χ3v) is 4.08. The van der Waals surface area contributed by atoms with E-state index in [1.165, 1.54) is 18.2 Å². The molecule has 0 atom stereocenters. The molecule has 146 valence electrons. The highest BCUT2D eigenvalue weighted by Crippen LogP contribution is 2.40. The summed E-state index contributed by atoms with van der Waals surface area (Å²) >= 11 is 6.01. The molecule has 0 saturated carbocycles. The molecule has 28 heavy (non-hydrogen) atoms. The van der Waals surface area contributed by atoms with Crippen LogP contribution in [0, 0.1) is 0 Å². The minimum Gasteiger partial charge on any atom is -0.395 e. The van der Waals surface area contributed by atoms with Crippen molar-refractivity contribution < 1.29 is 18.3 Å². The van der Waals surface area contributed by atoms with Crippen LogP contribution in [0.3, 0.4) is 0 Å². The van der Waals surface area contributed by atoms with Crippen LogP contribution in [-0.4, -0.2) is 28.2 Å². The molecule has 3 aromatic rings. The minimum absolute atomic E-state index is 0.0837. The Bertz CT molecular complexity index is 952. The third-order valence-electron chi connectivity index (χ3n) is 3.76. The predicted molar refractivity (Wildman–Crippen MR) is 103 cm³/mol. The van der Waals surface area contributed by atoms with E-state index < -0.39 is 11.7 Å². The number of anilines is 3. The van der Waals surface area contributed by atoms with Crippen molar-refractivity contribution in [3.63, 3.8) is 0 Å². The summed E-state index contributed by atoms with van der Waals surface area (Å²) in [5.41, 5.74) is 0.0709. The molecule has 0 aliphatic rings. The fourth-order valence-corrected chi connectivity index (χ4v) is 2.75. The average molecular weight is 409 g/mol. The topological polar surface area (TPSA) is 70.1 Å². The number of aliphatic hydroxyl groups is 1. The zero-order valence-electron chi connectivity index (χ0n) is 14.5. The Hall–Kier alpha value is -2.84. The van der Waals surface area contributed by atoms with Crippen LogP contribution in [0.25, 0.3) is 11.3 Å². The average Bonchev–Trinajstić information content (AvgIpc) is 2.67. The van der Waals surface area contributed by atoms with Gasteiger partial charge in [0.15, 0.2) is 0 Å². The van der Waals surface area contributed by atoms with Crippen LogP contribution in [0.2, 0.25) is 5.02 Å². The van der Waals surface area contributed by atoms with E-state index in [0.29, 0.717) is 5.69 Å². The van der Waals surface area contributed by atoms with E-state index in [1.807, 2.05) is 30.3 Å². The quantitative estimate of drug-likeness (QED) is 0.537.